The Labute approximate surface area is 165 Å². The molecule has 3 aromatic carbocycles. The maximum atomic E-state index is 13.1. The van der Waals surface area contributed by atoms with Crippen LogP contribution in [0.5, 0.6) is 0 Å². The first kappa shape index (κ1) is 18.8. The van der Waals surface area contributed by atoms with Crippen molar-refractivity contribution < 1.29 is 4.79 Å². The highest BCUT2D eigenvalue weighted by molar-refractivity contribution is 7.80. The number of hydrogen-bond donors (Lipinski definition) is 2. The standard InChI is InChI=1S/C23H22N2OS/c1-16-10-9-15-20(17(16)2)24-23(27)25-22(26)21(18-11-5-3-6-12-18)19-13-7-4-8-14-19/h3-15,21H,1-2H3,(H2,24,25,26,27). The SMILES string of the molecule is Cc1cccc(NC(=S)NC(=O)C(c2ccccc2)c2ccccc2)c1C. The molecule has 4 heteroatoms. The normalized spacial score (nSPS) is 10.5. The van der Waals surface area contributed by atoms with Gasteiger partial charge < -0.3 is 10.6 Å². The summed E-state index contributed by atoms with van der Waals surface area (Å²) in [4.78, 5) is 13.1. The van der Waals surface area contributed by atoms with Crippen LogP contribution in [-0.4, -0.2) is 11.0 Å². The average Bonchev–Trinajstić information content (AvgIpc) is 2.67. The molecule has 3 aromatic rings. The van der Waals surface area contributed by atoms with E-state index in [2.05, 4.69) is 10.6 Å². The Hall–Kier alpha value is -2.98. The van der Waals surface area contributed by atoms with Gasteiger partial charge in [-0.3, -0.25) is 4.79 Å². The Morgan fingerprint density at radius 1 is 0.815 bits per heavy atom. The van der Waals surface area contributed by atoms with Crippen molar-refractivity contribution in [1.82, 2.24) is 5.32 Å². The van der Waals surface area contributed by atoms with E-state index < -0.39 is 5.92 Å². The Kier molecular flexibility index (Phi) is 5.99. The molecule has 0 saturated heterocycles. The number of aryl methyl sites for hydroxylation is 1. The number of hydrogen-bond acceptors (Lipinski definition) is 2. The number of nitrogens with one attached hydrogen (secondary N) is 2. The van der Waals surface area contributed by atoms with Crippen LogP contribution in [-0.2, 0) is 4.79 Å². The molecule has 3 rings (SSSR count). The lowest BCUT2D eigenvalue weighted by atomic mass is 9.90. The molecule has 1 amide bonds. The summed E-state index contributed by atoms with van der Waals surface area (Å²) in [6.07, 6.45) is 0. The third-order valence-corrected chi connectivity index (χ3v) is 4.82. The topological polar surface area (TPSA) is 41.1 Å². The van der Waals surface area contributed by atoms with E-state index in [1.54, 1.807) is 0 Å². The Bertz CT molecular complexity index is 900. The molecule has 27 heavy (non-hydrogen) atoms. The molecule has 0 fully saturated rings. The van der Waals surface area contributed by atoms with Crippen LogP contribution in [0.15, 0.2) is 78.9 Å². The van der Waals surface area contributed by atoms with Crippen molar-refractivity contribution in [2.45, 2.75) is 19.8 Å². The minimum atomic E-state index is -0.425. The highest BCUT2D eigenvalue weighted by Gasteiger charge is 2.23. The number of amides is 1. The molecular formula is C23H22N2OS. The van der Waals surface area contributed by atoms with Gasteiger partial charge in [-0.15, -0.1) is 0 Å². The first-order chi connectivity index (χ1) is 13.1. The van der Waals surface area contributed by atoms with Crippen molar-refractivity contribution >= 4 is 28.9 Å². The van der Waals surface area contributed by atoms with E-state index in [0.29, 0.717) is 5.11 Å². The number of carbonyl (C=O) groups excluding carboxylic acids is 1. The number of thiocarbonyl (C=S) groups is 1. The number of benzene rings is 3. The van der Waals surface area contributed by atoms with E-state index in [1.807, 2.05) is 92.7 Å². The van der Waals surface area contributed by atoms with E-state index in [4.69, 9.17) is 12.2 Å². The summed E-state index contributed by atoms with van der Waals surface area (Å²) in [6, 6.07) is 25.4. The van der Waals surface area contributed by atoms with Crippen LogP contribution in [0.3, 0.4) is 0 Å². The molecule has 3 nitrogen and oxygen atoms in total. The molecule has 0 heterocycles. The van der Waals surface area contributed by atoms with Gasteiger partial charge in [0, 0.05) is 5.69 Å². The molecule has 0 aliphatic carbocycles. The lowest BCUT2D eigenvalue weighted by molar-refractivity contribution is -0.120. The zero-order valence-electron chi connectivity index (χ0n) is 15.4. The fraction of sp³-hybridized carbons (Fsp3) is 0.130. The molecule has 0 bridgehead atoms. The first-order valence-corrected chi connectivity index (χ1v) is 9.25. The molecule has 136 valence electrons. The summed E-state index contributed by atoms with van der Waals surface area (Å²) >= 11 is 5.39. The van der Waals surface area contributed by atoms with E-state index in [-0.39, 0.29) is 5.91 Å². The van der Waals surface area contributed by atoms with Crippen LogP contribution in [0.2, 0.25) is 0 Å². The van der Waals surface area contributed by atoms with E-state index in [9.17, 15) is 4.79 Å². The molecule has 0 aliphatic rings. The summed E-state index contributed by atoms with van der Waals surface area (Å²) in [5.41, 5.74) is 5.03. The summed E-state index contributed by atoms with van der Waals surface area (Å²) in [5, 5.41) is 6.29. The van der Waals surface area contributed by atoms with Crippen LogP contribution in [0, 0.1) is 13.8 Å². The highest BCUT2D eigenvalue weighted by Crippen LogP contribution is 2.25. The quantitative estimate of drug-likeness (QED) is 0.635. The third kappa shape index (κ3) is 4.60. The molecule has 0 radical (unpaired) electrons. The lowest BCUT2D eigenvalue weighted by Gasteiger charge is -2.19. The van der Waals surface area contributed by atoms with Crippen LogP contribution < -0.4 is 10.6 Å². The summed E-state index contributed by atoms with van der Waals surface area (Å²) in [5.74, 6) is -0.582. The van der Waals surface area contributed by atoms with Gasteiger partial charge in [0.15, 0.2) is 5.11 Å². The monoisotopic (exact) mass is 374 g/mol. The highest BCUT2D eigenvalue weighted by atomic mass is 32.1. The van der Waals surface area contributed by atoms with Gasteiger partial charge in [-0.2, -0.15) is 0 Å². The van der Waals surface area contributed by atoms with E-state index in [0.717, 1.165) is 22.4 Å². The van der Waals surface area contributed by atoms with Crippen LogP contribution in [0.1, 0.15) is 28.2 Å². The van der Waals surface area contributed by atoms with Gasteiger partial charge in [0.1, 0.15) is 0 Å². The third-order valence-electron chi connectivity index (χ3n) is 4.62. The van der Waals surface area contributed by atoms with Gasteiger partial charge in [-0.1, -0.05) is 72.8 Å². The average molecular weight is 375 g/mol. The Morgan fingerprint density at radius 2 is 1.37 bits per heavy atom. The zero-order valence-corrected chi connectivity index (χ0v) is 16.2. The van der Waals surface area contributed by atoms with Crippen molar-refractivity contribution in [3.05, 3.63) is 101 Å². The Balaban J connectivity index is 1.80. The number of carbonyl (C=O) groups is 1. The second-order valence-electron chi connectivity index (χ2n) is 6.45. The second-order valence-corrected chi connectivity index (χ2v) is 6.85. The Morgan fingerprint density at radius 3 is 1.93 bits per heavy atom. The van der Waals surface area contributed by atoms with Crippen molar-refractivity contribution in [1.29, 1.82) is 0 Å². The van der Waals surface area contributed by atoms with Crippen molar-refractivity contribution in [3.8, 4) is 0 Å². The predicted molar refractivity (Wildman–Crippen MR) is 115 cm³/mol. The second kappa shape index (κ2) is 8.60. The van der Waals surface area contributed by atoms with Crippen LogP contribution in [0.4, 0.5) is 5.69 Å². The van der Waals surface area contributed by atoms with Gasteiger partial charge in [0.2, 0.25) is 5.91 Å². The molecular weight excluding hydrogens is 352 g/mol. The molecule has 0 unspecified atom stereocenters. The number of rotatable bonds is 4. The van der Waals surface area contributed by atoms with Gasteiger partial charge in [-0.05, 0) is 54.4 Å². The predicted octanol–water partition coefficient (Wildman–Crippen LogP) is 4.95. The fourth-order valence-corrected chi connectivity index (χ4v) is 3.22. The largest absolute Gasteiger partial charge is 0.332 e. The fourth-order valence-electron chi connectivity index (χ4n) is 3.01. The minimum absolute atomic E-state index is 0.157. The van der Waals surface area contributed by atoms with Crippen molar-refractivity contribution in [2.75, 3.05) is 5.32 Å². The van der Waals surface area contributed by atoms with Crippen molar-refractivity contribution in [2.24, 2.45) is 0 Å². The first-order valence-electron chi connectivity index (χ1n) is 8.84. The summed E-state index contributed by atoms with van der Waals surface area (Å²) < 4.78 is 0. The zero-order chi connectivity index (χ0) is 19.2. The maximum absolute atomic E-state index is 13.1. The minimum Gasteiger partial charge on any atom is -0.332 e. The van der Waals surface area contributed by atoms with E-state index in [1.165, 1.54) is 5.56 Å². The maximum Gasteiger partial charge on any atom is 0.238 e. The molecule has 0 aliphatic heterocycles. The molecule has 0 saturated carbocycles. The lowest BCUT2D eigenvalue weighted by Crippen LogP contribution is -2.38. The molecule has 0 spiro atoms. The van der Waals surface area contributed by atoms with Crippen molar-refractivity contribution in [3.63, 3.8) is 0 Å². The van der Waals surface area contributed by atoms with Crippen LogP contribution in [0.25, 0.3) is 0 Å². The van der Waals surface area contributed by atoms with Gasteiger partial charge in [-0.25, -0.2) is 0 Å². The molecule has 2 N–H and O–H groups in total. The van der Waals surface area contributed by atoms with Gasteiger partial charge in [0.25, 0.3) is 0 Å². The molecule has 0 atom stereocenters. The number of anilines is 1. The van der Waals surface area contributed by atoms with Gasteiger partial charge >= 0.3 is 0 Å². The van der Waals surface area contributed by atoms with E-state index >= 15 is 0 Å². The molecule has 0 aromatic heterocycles. The summed E-state index contributed by atoms with van der Waals surface area (Å²) in [7, 11) is 0. The van der Waals surface area contributed by atoms with Gasteiger partial charge in [0.05, 0.1) is 5.92 Å². The smallest absolute Gasteiger partial charge is 0.238 e. The van der Waals surface area contributed by atoms with Crippen LogP contribution >= 0.6 is 12.2 Å². The summed E-state index contributed by atoms with van der Waals surface area (Å²) in [6.45, 7) is 4.07.